The third kappa shape index (κ3) is 5.79. The second-order valence-corrected chi connectivity index (χ2v) is 21.3. The molecule has 5 aromatic heterocycles. The van der Waals surface area contributed by atoms with Gasteiger partial charge in [-0.05, 0) is 64.7 Å². The number of nitrogens with zero attached hydrogens (tertiary/aromatic N) is 4. The number of benzene rings is 11. The molecule has 0 amide bonds. The van der Waals surface area contributed by atoms with Gasteiger partial charge in [-0.1, -0.05) is 176 Å². The van der Waals surface area contributed by atoms with Gasteiger partial charge in [-0.2, -0.15) is 5.26 Å². The van der Waals surface area contributed by atoms with E-state index in [0.717, 1.165) is 119 Å². The fraction of sp³-hybridized carbons (Fsp3) is 0. The molecule has 0 aliphatic heterocycles. The molecule has 346 valence electrons. The molecule has 0 unspecified atom stereocenters. The number of para-hydroxylation sites is 2. The number of hydrogen-bond donors (Lipinski definition) is 0. The Labute approximate surface area is 436 Å². The summed E-state index contributed by atoms with van der Waals surface area (Å²) >= 11 is 3.59. The summed E-state index contributed by atoms with van der Waals surface area (Å²) in [4.78, 5) is 4.60. The van der Waals surface area contributed by atoms with Crippen molar-refractivity contribution < 1.29 is 4.42 Å². The first kappa shape index (κ1) is 41.8. The molecule has 7 heteroatoms. The van der Waals surface area contributed by atoms with E-state index in [-0.39, 0.29) is 0 Å². The van der Waals surface area contributed by atoms with Gasteiger partial charge in [0.1, 0.15) is 17.2 Å². The predicted octanol–water partition coefficient (Wildman–Crippen LogP) is 19.9. The topological polar surface area (TPSA) is 51.1 Å². The minimum Gasteiger partial charge on any atom is -0.456 e. The van der Waals surface area contributed by atoms with Gasteiger partial charge in [0.2, 0.25) is 5.69 Å². The van der Waals surface area contributed by atoms with Crippen molar-refractivity contribution in [3.63, 3.8) is 0 Å². The summed E-state index contributed by atoms with van der Waals surface area (Å²) in [6.07, 6.45) is 0. The Bertz CT molecular complexity index is 5080. The first-order chi connectivity index (χ1) is 37.2. The summed E-state index contributed by atoms with van der Waals surface area (Å²) in [7, 11) is 0. The highest BCUT2D eigenvalue weighted by molar-refractivity contribution is 7.27. The predicted molar refractivity (Wildman–Crippen MR) is 315 cm³/mol. The molecule has 5 heterocycles. The van der Waals surface area contributed by atoms with E-state index in [1.54, 1.807) is 22.7 Å². The Hall–Kier alpha value is -9.76. The lowest BCUT2D eigenvalue weighted by Gasteiger charge is -2.26. The Morgan fingerprint density at radius 1 is 0.427 bits per heavy atom. The zero-order chi connectivity index (χ0) is 49.5. The highest BCUT2D eigenvalue weighted by Crippen LogP contribution is 2.55. The van der Waals surface area contributed by atoms with Gasteiger partial charge in [-0.3, -0.25) is 0 Å². The smallest absolute Gasteiger partial charge is 0.220 e. The second-order valence-electron chi connectivity index (χ2n) is 19.2. The van der Waals surface area contributed by atoms with Crippen LogP contribution in [0.4, 0.5) is 5.69 Å². The first-order valence-electron chi connectivity index (χ1n) is 24.9. The lowest BCUT2D eigenvalue weighted by atomic mass is 9.88. The number of aromatic nitrogens is 2. The van der Waals surface area contributed by atoms with E-state index in [2.05, 4.69) is 184 Å². The van der Waals surface area contributed by atoms with Gasteiger partial charge in [0.25, 0.3) is 0 Å². The standard InChI is InChI=1S/C68H36N4OS2/c1-70-62-59(39-17-4-2-5-18-39)52(38-69)63(72-64-46(32-34-48-44-22-10-14-29-57(44)74-67(48)64)47-33-35-49-45-23-11-15-30-58(45)75-68(49)65(47)72)60(40-19-6-3-7-20-40)66(62)71-53-26-12-8-21-43(53)51-37-41(31-36-54(51)71)42-25-16-28-56-61(42)50-24-9-13-27-55(50)73-56/h2-37H. The lowest BCUT2D eigenvalue weighted by molar-refractivity contribution is 0.669. The number of fused-ring (bicyclic) bond motifs is 17. The number of rotatable bonds is 5. The summed E-state index contributed by atoms with van der Waals surface area (Å²) in [5, 5.41) is 23.4. The molecule has 0 saturated carbocycles. The molecule has 0 radical (unpaired) electrons. The van der Waals surface area contributed by atoms with E-state index in [9.17, 15) is 11.8 Å². The van der Waals surface area contributed by atoms with Crippen LogP contribution in [-0.2, 0) is 0 Å². The summed E-state index contributed by atoms with van der Waals surface area (Å²) in [5.74, 6) is 0. The van der Waals surface area contributed by atoms with Crippen LogP contribution in [0.25, 0.3) is 155 Å². The van der Waals surface area contributed by atoms with Crippen molar-refractivity contribution in [3.8, 4) is 50.8 Å². The number of hydrogen-bond acceptors (Lipinski definition) is 4. The molecule has 16 aromatic rings. The summed E-state index contributed by atoms with van der Waals surface area (Å²) < 4.78 is 15.8. The third-order valence-corrected chi connectivity index (χ3v) is 17.8. The maximum Gasteiger partial charge on any atom is 0.220 e. The van der Waals surface area contributed by atoms with Crippen molar-refractivity contribution in [2.45, 2.75) is 0 Å². The Morgan fingerprint density at radius 2 is 0.973 bits per heavy atom. The first-order valence-corrected chi connectivity index (χ1v) is 26.6. The van der Waals surface area contributed by atoms with Gasteiger partial charge in [-0.25, -0.2) is 4.85 Å². The number of thiophene rings is 2. The van der Waals surface area contributed by atoms with Gasteiger partial charge in [-0.15, -0.1) is 22.7 Å². The Morgan fingerprint density at radius 3 is 1.63 bits per heavy atom. The molecule has 0 N–H and O–H groups in total. The molecule has 0 spiro atoms. The minimum absolute atomic E-state index is 0.404. The van der Waals surface area contributed by atoms with Gasteiger partial charge in [0, 0.05) is 74.4 Å². The average Bonchev–Trinajstić information content (AvgIpc) is 4.43. The van der Waals surface area contributed by atoms with Crippen LogP contribution >= 0.6 is 22.7 Å². The van der Waals surface area contributed by atoms with Crippen LogP contribution in [0.2, 0.25) is 0 Å². The van der Waals surface area contributed by atoms with Crippen LogP contribution in [0.3, 0.4) is 0 Å². The van der Waals surface area contributed by atoms with E-state index < -0.39 is 0 Å². The monoisotopic (exact) mass is 988 g/mol. The largest absolute Gasteiger partial charge is 0.456 e. The van der Waals surface area contributed by atoms with Crippen LogP contribution in [-0.4, -0.2) is 9.13 Å². The van der Waals surface area contributed by atoms with Crippen LogP contribution in [0.1, 0.15) is 5.56 Å². The van der Waals surface area contributed by atoms with Crippen LogP contribution < -0.4 is 0 Å². The number of furan rings is 1. The zero-order valence-electron chi connectivity index (χ0n) is 39.8. The molecule has 0 aliphatic rings. The van der Waals surface area contributed by atoms with E-state index in [4.69, 9.17) is 4.42 Å². The molecule has 16 rings (SSSR count). The van der Waals surface area contributed by atoms with Crippen molar-refractivity contribution in [1.29, 1.82) is 5.26 Å². The van der Waals surface area contributed by atoms with Crippen molar-refractivity contribution in [2.75, 3.05) is 0 Å². The van der Waals surface area contributed by atoms with Crippen molar-refractivity contribution >= 4 is 134 Å². The maximum atomic E-state index is 12.2. The summed E-state index contributed by atoms with van der Waals surface area (Å²) in [5.41, 5.74) is 13.2. The Balaban J connectivity index is 1.14. The molecule has 0 bridgehead atoms. The molecule has 75 heavy (non-hydrogen) atoms. The highest BCUT2D eigenvalue weighted by atomic mass is 32.1. The highest BCUT2D eigenvalue weighted by Gasteiger charge is 2.33. The maximum absolute atomic E-state index is 12.2. The van der Waals surface area contributed by atoms with E-state index in [1.165, 1.54) is 20.2 Å². The van der Waals surface area contributed by atoms with Gasteiger partial charge < -0.3 is 13.6 Å². The van der Waals surface area contributed by atoms with Crippen LogP contribution in [0.15, 0.2) is 223 Å². The lowest BCUT2D eigenvalue weighted by Crippen LogP contribution is -2.09. The molecule has 11 aromatic carbocycles. The zero-order valence-corrected chi connectivity index (χ0v) is 41.4. The molecular formula is C68H36N4OS2. The van der Waals surface area contributed by atoms with E-state index >= 15 is 0 Å². The Kier molecular flexibility index (Phi) is 8.85. The number of nitriles is 1. The quantitative estimate of drug-likeness (QED) is 0.161. The summed E-state index contributed by atoms with van der Waals surface area (Å²) in [6.45, 7) is 9.43. The molecule has 0 aliphatic carbocycles. The third-order valence-electron chi connectivity index (χ3n) is 15.4. The van der Waals surface area contributed by atoms with Gasteiger partial charge in [0.15, 0.2) is 0 Å². The van der Waals surface area contributed by atoms with Crippen molar-refractivity contribution in [2.24, 2.45) is 0 Å². The molecule has 0 atom stereocenters. The SMILES string of the molecule is [C-]#[N+]c1c(-c2ccccc2)c(C#N)c(-n2c3c(ccc4c5ccccc5sc43)c3ccc4c5ccccc5sc4c32)c(-c2ccccc2)c1-n1c2ccccc2c2cc(-c3cccc4oc5ccccc5c34)ccc21. The van der Waals surface area contributed by atoms with E-state index in [0.29, 0.717) is 22.5 Å². The molecular weight excluding hydrogens is 953 g/mol. The van der Waals surface area contributed by atoms with Gasteiger partial charge in [0.05, 0.1) is 55.0 Å². The molecule has 5 nitrogen and oxygen atoms in total. The normalized spacial score (nSPS) is 12.0. The molecule has 0 fully saturated rings. The average molecular weight is 989 g/mol. The van der Waals surface area contributed by atoms with Crippen molar-refractivity contribution in [1.82, 2.24) is 9.13 Å². The minimum atomic E-state index is 0.404. The fourth-order valence-electron chi connectivity index (χ4n) is 12.3. The van der Waals surface area contributed by atoms with Gasteiger partial charge >= 0.3 is 0 Å². The fourth-order valence-corrected chi connectivity index (χ4v) is 14.8. The van der Waals surface area contributed by atoms with E-state index in [1.807, 2.05) is 54.6 Å². The van der Waals surface area contributed by atoms with Crippen LogP contribution in [0.5, 0.6) is 0 Å². The van der Waals surface area contributed by atoms with Crippen molar-refractivity contribution in [3.05, 3.63) is 235 Å². The summed E-state index contributed by atoms with van der Waals surface area (Å²) in [6, 6.07) is 79.6. The van der Waals surface area contributed by atoms with Crippen LogP contribution in [0, 0.1) is 17.9 Å². The molecule has 0 saturated heterocycles. The second kappa shape index (κ2) is 15.9.